The number of hydrogen-bond acceptors (Lipinski definition) is 3. The van der Waals surface area contributed by atoms with Crippen molar-refractivity contribution in [2.45, 2.75) is 51.6 Å². The second kappa shape index (κ2) is 6.80. The number of rotatable bonds is 5. The van der Waals surface area contributed by atoms with Gasteiger partial charge in [0, 0.05) is 13.0 Å². The van der Waals surface area contributed by atoms with Gasteiger partial charge in [0.15, 0.2) is 0 Å². The number of hydrazine groups is 1. The molecule has 0 saturated heterocycles. The van der Waals surface area contributed by atoms with E-state index in [0.29, 0.717) is 18.4 Å². The molecule has 1 aliphatic carbocycles. The molecule has 0 aromatic carbocycles. The molecule has 0 heterocycles. The van der Waals surface area contributed by atoms with E-state index in [4.69, 9.17) is 10.6 Å². The second-order valence-electron chi connectivity index (χ2n) is 4.20. The fourth-order valence-corrected chi connectivity index (χ4v) is 2.23. The van der Waals surface area contributed by atoms with Gasteiger partial charge in [0.2, 0.25) is 5.91 Å². The lowest BCUT2D eigenvalue weighted by Crippen LogP contribution is -2.30. The maximum absolute atomic E-state index is 11.0. The highest BCUT2D eigenvalue weighted by Crippen LogP contribution is 2.29. The SMILES string of the molecule is CCOC1CCC(CCC(=O)NN)CC1. The average molecular weight is 214 g/mol. The summed E-state index contributed by atoms with van der Waals surface area (Å²) in [7, 11) is 0. The normalized spacial score (nSPS) is 26.3. The van der Waals surface area contributed by atoms with Crippen LogP contribution in [0, 0.1) is 5.92 Å². The van der Waals surface area contributed by atoms with Crippen molar-refractivity contribution in [3.63, 3.8) is 0 Å². The van der Waals surface area contributed by atoms with Crippen LogP contribution in [0.5, 0.6) is 0 Å². The van der Waals surface area contributed by atoms with Crippen LogP contribution in [0.2, 0.25) is 0 Å². The maximum Gasteiger partial charge on any atom is 0.233 e. The van der Waals surface area contributed by atoms with E-state index in [9.17, 15) is 4.79 Å². The van der Waals surface area contributed by atoms with Crippen molar-refractivity contribution in [1.29, 1.82) is 0 Å². The molecular weight excluding hydrogens is 192 g/mol. The van der Waals surface area contributed by atoms with E-state index in [-0.39, 0.29) is 5.91 Å². The lowest BCUT2D eigenvalue weighted by molar-refractivity contribution is -0.121. The first-order valence-electron chi connectivity index (χ1n) is 5.87. The summed E-state index contributed by atoms with van der Waals surface area (Å²) >= 11 is 0. The molecule has 4 heteroatoms. The minimum Gasteiger partial charge on any atom is -0.379 e. The molecule has 0 unspecified atom stereocenters. The average Bonchev–Trinajstić information content (AvgIpc) is 2.28. The predicted octanol–water partition coefficient (Wildman–Crippen LogP) is 1.35. The van der Waals surface area contributed by atoms with E-state index in [0.717, 1.165) is 25.9 Å². The minimum atomic E-state index is -0.0538. The Morgan fingerprint density at radius 1 is 1.40 bits per heavy atom. The van der Waals surface area contributed by atoms with Gasteiger partial charge in [-0.05, 0) is 44.9 Å². The van der Waals surface area contributed by atoms with Crippen LogP contribution in [0.25, 0.3) is 0 Å². The second-order valence-corrected chi connectivity index (χ2v) is 4.20. The largest absolute Gasteiger partial charge is 0.379 e. The summed E-state index contributed by atoms with van der Waals surface area (Å²) in [6.07, 6.45) is 6.62. The van der Waals surface area contributed by atoms with E-state index in [2.05, 4.69) is 5.43 Å². The Morgan fingerprint density at radius 2 is 2.07 bits per heavy atom. The molecule has 1 fully saturated rings. The highest BCUT2D eigenvalue weighted by Gasteiger charge is 2.21. The zero-order valence-corrected chi connectivity index (χ0v) is 9.50. The predicted molar refractivity (Wildman–Crippen MR) is 58.9 cm³/mol. The number of nitrogens with two attached hydrogens (primary N) is 1. The lowest BCUT2D eigenvalue weighted by Gasteiger charge is -2.28. The van der Waals surface area contributed by atoms with Crippen LogP contribution in [0.4, 0.5) is 0 Å². The third-order valence-corrected chi connectivity index (χ3v) is 3.14. The van der Waals surface area contributed by atoms with Crippen molar-refractivity contribution < 1.29 is 9.53 Å². The molecule has 0 aliphatic heterocycles. The number of amides is 1. The summed E-state index contributed by atoms with van der Waals surface area (Å²) in [6, 6.07) is 0. The number of nitrogens with one attached hydrogen (secondary N) is 1. The van der Waals surface area contributed by atoms with Crippen molar-refractivity contribution >= 4 is 5.91 Å². The smallest absolute Gasteiger partial charge is 0.233 e. The van der Waals surface area contributed by atoms with Crippen LogP contribution < -0.4 is 11.3 Å². The van der Waals surface area contributed by atoms with Crippen molar-refractivity contribution in [3.8, 4) is 0 Å². The van der Waals surface area contributed by atoms with Crippen LogP contribution in [-0.2, 0) is 9.53 Å². The molecule has 0 atom stereocenters. The third kappa shape index (κ3) is 4.62. The summed E-state index contributed by atoms with van der Waals surface area (Å²) in [5.74, 6) is 5.66. The molecule has 88 valence electrons. The number of carbonyl (C=O) groups is 1. The van der Waals surface area contributed by atoms with E-state index >= 15 is 0 Å². The summed E-state index contributed by atoms with van der Waals surface area (Å²) in [5.41, 5.74) is 2.17. The molecule has 15 heavy (non-hydrogen) atoms. The van der Waals surface area contributed by atoms with Crippen LogP contribution in [-0.4, -0.2) is 18.6 Å². The van der Waals surface area contributed by atoms with Gasteiger partial charge in [-0.25, -0.2) is 5.84 Å². The van der Waals surface area contributed by atoms with Crippen molar-refractivity contribution in [1.82, 2.24) is 5.43 Å². The first-order chi connectivity index (χ1) is 7.26. The van der Waals surface area contributed by atoms with Gasteiger partial charge < -0.3 is 4.74 Å². The van der Waals surface area contributed by atoms with Gasteiger partial charge in [-0.3, -0.25) is 10.2 Å². The fraction of sp³-hybridized carbons (Fsp3) is 0.909. The van der Waals surface area contributed by atoms with Crippen LogP contribution >= 0.6 is 0 Å². The quantitative estimate of drug-likeness (QED) is 0.412. The molecule has 0 aromatic heterocycles. The summed E-state index contributed by atoms with van der Waals surface area (Å²) in [6.45, 7) is 2.85. The molecule has 0 aromatic rings. The van der Waals surface area contributed by atoms with Crippen molar-refractivity contribution in [2.75, 3.05) is 6.61 Å². The Morgan fingerprint density at radius 3 is 2.60 bits per heavy atom. The molecule has 1 amide bonds. The minimum absolute atomic E-state index is 0.0538. The Balaban J connectivity index is 2.12. The fourth-order valence-electron chi connectivity index (χ4n) is 2.23. The molecule has 3 N–H and O–H groups in total. The number of ether oxygens (including phenoxy) is 1. The molecular formula is C11H22N2O2. The molecule has 1 aliphatic rings. The first-order valence-corrected chi connectivity index (χ1v) is 5.87. The van der Waals surface area contributed by atoms with Crippen LogP contribution in [0.3, 0.4) is 0 Å². The maximum atomic E-state index is 11.0. The zero-order valence-electron chi connectivity index (χ0n) is 9.50. The van der Waals surface area contributed by atoms with E-state index in [1.807, 2.05) is 6.92 Å². The van der Waals surface area contributed by atoms with E-state index < -0.39 is 0 Å². The topological polar surface area (TPSA) is 64.3 Å². The standard InChI is InChI=1S/C11H22N2O2/c1-2-15-10-6-3-9(4-7-10)5-8-11(14)13-12/h9-10H,2-8,12H2,1H3,(H,13,14). The molecule has 4 nitrogen and oxygen atoms in total. The lowest BCUT2D eigenvalue weighted by atomic mass is 9.84. The van der Waals surface area contributed by atoms with Gasteiger partial charge in [0.05, 0.1) is 6.10 Å². The van der Waals surface area contributed by atoms with E-state index in [1.54, 1.807) is 0 Å². The van der Waals surface area contributed by atoms with Gasteiger partial charge in [-0.15, -0.1) is 0 Å². The van der Waals surface area contributed by atoms with Gasteiger partial charge in [-0.2, -0.15) is 0 Å². The summed E-state index contributed by atoms with van der Waals surface area (Å²) < 4.78 is 5.58. The summed E-state index contributed by atoms with van der Waals surface area (Å²) in [4.78, 5) is 11.0. The Bertz CT molecular complexity index is 189. The van der Waals surface area contributed by atoms with Crippen molar-refractivity contribution in [3.05, 3.63) is 0 Å². The van der Waals surface area contributed by atoms with E-state index in [1.165, 1.54) is 12.8 Å². The van der Waals surface area contributed by atoms with Gasteiger partial charge in [0.1, 0.15) is 0 Å². The first kappa shape index (κ1) is 12.5. The van der Waals surface area contributed by atoms with Crippen LogP contribution in [0.1, 0.15) is 45.4 Å². The van der Waals surface area contributed by atoms with Crippen molar-refractivity contribution in [2.24, 2.45) is 11.8 Å². The molecule has 1 rings (SSSR count). The Kier molecular flexibility index (Phi) is 5.65. The molecule has 0 bridgehead atoms. The number of hydrogen-bond donors (Lipinski definition) is 2. The highest BCUT2D eigenvalue weighted by atomic mass is 16.5. The highest BCUT2D eigenvalue weighted by molar-refractivity contribution is 5.75. The Hall–Kier alpha value is -0.610. The van der Waals surface area contributed by atoms with Gasteiger partial charge >= 0.3 is 0 Å². The van der Waals surface area contributed by atoms with Crippen LogP contribution in [0.15, 0.2) is 0 Å². The molecule has 1 saturated carbocycles. The number of carbonyl (C=O) groups excluding carboxylic acids is 1. The monoisotopic (exact) mass is 214 g/mol. The third-order valence-electron chi connectivity index (χ3n) is 3.14. The zero-order chi connectivity index (χ0) is 11.1. The molecule has 0 spiro atoms. The molecule has 0 radical (unpaired) electrons. The Labute approximate surface area is 91.5 Å². The summed E-state index contributed by atoms with van der Waals surface area (Å²) in [5, 5.41) is 0. The van der Waals surface area contributed by atoms with Gasteiger partial charge in [0.25, 0.3) is 0 Å². The van der Waals surface area contributed by atoms with Gasteiger partial charge in [-0.1, -0.05) is 0 Å².